The van der Waals surface area contributed by atoms with E-state index in [0.717, 1.165) is 25.2 Å². The zero-order chi connectivity index (χ0) is 18.3. The molecule has 132 valence electrons. The smallest absolute Gasteiger partial charge is 0.307 e. The highest BCUT2D eigenvalue weighted by molar-refractivity contribution is 6.04. The summed E-state index contributed by atoms with van der Waals surface area (Å²) >= 11 is 0. The molecule has 1 N–H and O–H groups in total. The lowest BCUT2D eigenvalue weighted by Crippen LogP contribution is -2.48. The summed E-state index contributed by atoms with van der Waals surface area (Å²) in [7, 11) is 2.14. The van der Waals surface area contributed by atoms with Gasteiger partial charge in [0.2, 0.25) is 0 Å². The number of carbonyl (C=O) groups is 1. The van der Waals surface area contributed by atoms with Gasteiger partial charge in [-0.1, -0.05) is 23.8 Å². The number of carbonyl (C=O) groups excluding carboxylic acids is 1. The maximum absolute atomic E-state index is 13.1. The van der Waals surface area contributed by atoms with E-state index in [4.69, 9.17) is 5.26 Å². The van der Waals surface area contributed by atoms with Gasteiger partial charge in [-0.15, -0.1) is 0 Å². The summed E-state index contributed by atoms with van der Waals surface area (Å²) in [6.07, 6.45) is 0.959. The number of piperidine rings is 1. The van der Waals surface area contributed by atoms with Crippen LogP contribution in [0.1, 0.15) is 29.0 Å². The van der Waals surface area contributed by atoms with Crippen LogP contribution in [0.4, 0.5) is 16.2 Å². The molecule has 2 atom stereocenters. The third-order valence-corrected chi connectivity index (χ3v) is 5.41. The van der Waals surface area contributed by atoms with E-state index in [-0.39, 0.29) is 12.1 Å². The van der Waals surface area contributed by atoms with Gasteiger partial charge in [-0.2, -0.15) is 5.26 Å². The van der Waals surface area contributed by atoms with E-state index in [9.17, 15) is 4.79 Å². The number of amides is 2. The van der Waals surface area contributed by atoms with Gasteiger partial charge < -0.3 is 10.2 Å². The molecule has 0 bridgehead atoms. The third kappa shape index (κ3) is 2.83. The van der Waals surface area contributed by atoms with Crippen molar-refractivity contribution in [3.05, 3.63) is 59.2 Å². The van der Waals surface area contributed by atoms with Gasteiger partial charge in [0, 0.05) is 29.9 Å². The predicted octanol–water partition coefficient (Wildman–Crippen LogP) is 3.71. The first-order valence-corrected chi connectivity index (χ1v) is 8.96. The van der Waals surface area contributed by atoms with Crippen LogP contribution in [0.25, 0.3) is 0 Å². The van der Waals surface area contributed by atoms with Gasteiger partial charge in [0.15, 0.2) is 0 Å². The van der Waals surface area contributed by atoms with Crippen LogP contribution < -0.4 is 10.2 Å². The summed E-state index contributed by atoms with van der Waals surface area (Å²) in [5.41, 5.74) is 4.69. The monoisotopic (exact) mass is 346 g/mol. The number of nitrogens with zero attached hydrogens (tertiary/aromatic N) is 3. The number of nitrogens with one attached hydrogen (secondary N) is 1. The minimum absolute atomic E-state index is 0.123. The Bertz CT molecular complexity index is 901. The second kappa shape index (κ2) is 6.47. The molecular formula is C21H22N4O. The van der Waals surface area contributed by atoms with Crippen LogP contribution in [0, 0.1) is 18.3 Å². The molecule has 0 spiro atoms. The molecule has 0 saturated carbocycles. The lowest BCUT2D eigenvalue weighted by atomic mass is 9.89. The number of hydrogen-bond acceptors (Lipinski definition) is 3. The minimum atomic E-state index is -0.123. The molecule has 5 nitrogen and oxygen atoms in total. The van der Waals surface area contributed by atoms with E-state index in [1.54, 1.807) is 18.2 Å². The first-order chi connectivity index (χ1) is 12.6. The Hall–Kier alpha value is -2.84. The Kier molecular flexibility index (Phi) is 4.14. The number of rotatable bonds is 1. The number of fused-ring (bicyclic) bond motifs is 3. The Morgan fingerprint density at radius 2 is 2.12 bits per heavy atom. The number of benzene rings is 2. The summed E-state index contributed by atoms with van der Waals surface area (Å²) < 4.78 is 0. The van der Waals surface area contributed by atoms with Crippen molar-refractivity contribution < 1.29 is 4.79 Å². The molecular weight excluding hydrogens is 324 g/mol. The van der Waals surface area contributed by atoms with E-state index in [0.29, 0.717) is 17.2 Å². The molecule has 0 aromatic heterocycles. The maximum Gasteiger partial charge on any atom is 0.326 e. The molecule has 0 aliphatic carbocycles. The minimum Gasteiger partial charge on any atom is -0.307 e. The molecule has 26 heavy (non-hydrogen) atoms. The van der Waals surface area contributed by atoms with Crippen molar-refractivity contribution in [1.82, 2.24) is 4.90 Å². The quantitative estimate of drug-likeness (QED) is 0.856. The van der Waals surface area contributed by atoms with Gasteiger partial charge in [0.05, 0.1) is 11.6 Å². The fraction of sp³-hybridized carbons (Fsp3) is 0.333. The molecule has 2 heterocycles. The van der Waals surface area contributed by atoms with Crippen LogP contribution >= 0.6 is 0 Å². The topological polar surface area (TPSA) is 59.4 Å². The summed E-state index contributed by atoms with van der Waals surface area (Å²) in [5.74, 6) is 0.347. The fourth-order valence-corrected chi connectivity index (χ4v) is 4.20. The average Bonchev–Trinajstić information content (AvgIpc) is 2.95. The Balaban J connectivity index is 1.67. The van der Waals surface area contributed by atoms with Crippen molar-refractivity contribution in [1.29, 1.82) is 5.26 Å². The molecule has 1 fully saturated rings. The highest BCUT2D eigenvalue weighted by Gasteiger charge is 2.43. The molecule has 2 aliphatic heterocycles. The first kappa shape index (κ1) is 16.6. The molecule has 5 heteroatoms. The van der Waals surface area contributed by atoms with Gasteiger partial charge >= 0.3 is 6.03 Å². The maximum atomic E-state index is 13.1. The number of aryl methyl sites for hydroxylation is 1. The first-order valence-electron chi connectivity index (χ1n) is 8.96. The van der Waals surface area contributed by atoms with Crippen LogP contribution in [0.5, 0.6) is 0 Å². The van der Waals surface area contributed by atoms with Gasteiger partial charge in [-0.05, 0) is 56.8 Å². The second-order valence-electron chi connectivity index (χ2n) is 7.28. The Morgan fingerprint density at radius 3 is 2.92 bits per heavy atom. The summed E-state index contributed by atoms with van der Waals surface area (Å²) in [4.78, 5) is 17.4. The lowest BCUT2D eigenvalue weighted by molar-refractivity contribution is 0.224. The van der Waals surface area contributed by atoms with Crippen LogP contribution in [0.2, 0.25) is 0 Å². The summed E-state index contributed by atoms with van der Waals surface area (Å²) in [6, 6.07) is 15.6. The molecule has 2 aromatic carbocycles. The lowest BCUT2D eigenvalue weighted by Gasteiger charge is -2.36. The molecule has 2 aliphatic rings. The highest BCUT2D eigenvalue weighted by Crippen LogP contribution is 2.45. The van der Waals surface area contributed by atoms with Crippen LogP contribution in [0.15, 0.2) is 42.5 Å². The second-order valence-corrected chi connectivity index (χ2v) is 7.28. The predicted molar refractivity (Wildman–Crippen MR) is 102 cm³/mol. The normalized spacial score (nSPS) is 21.7. The highest BCUT2D eigenvalue weighted by atomic mass is 16.2. The Morgan fingerprint density at radius 1 is 1.27 bits per heavy atom. The SMILES string of the molecule is Cc1ccc2c(c1)C1CN(C)CCC1N2C(=O)Nc1cccc(C#N)c1. The zero-order valence-corrected chi connectivity index (χ0v) is 15.1. The number of anilines is 2. The molecule has 1 saturated heterocycles. The largest absolute Gasteiger partial charge is 0.326 e. The molecule has 0 radical (unpaired) electrons. The van der Waals surface area contributed by atoms with E-state index < -0.39 is 0 Å². The molecule has 4 rings (SSSR count). The van der Waals surface area contributed by atoms with Crippen molar-refractivity contribution >= 4 is 17.4 Å². The van der Waals surface area contributed by atoms with Gasteiger partial charge in [0.1, 0.15) is 0 Å². The third-order valence-electron chi connectivity index (χ3n) is 5.41. The van der Waals surface area contributed by atoms with Crippen molar-refractivity contribution in [3.8, 4) is 6.07 Å². The molecule has 2 aromatic rings. The summed E-state index contributed by atoms with van der Waals surface area (Å²) in [6.45, 7) is 4.05. The number of nitriles is 1. The Labute approximate surface area is 153 Å². The van der Waals surface area contributed by atoms with Crippen molar-refractivity contribution in [3.63, 3.8) is 0 Å². The van der Waals surface area contributed by atoms with Crippen LogP contribution in [0.3, 0.4) is 0 Å². The molecule has 2 amide bonds. The number of likely N-dealkylation sites (N-methyl/N-ethyl adjacent to an activating group) is 1. The van der Waals surface area contributed by atoms with E-state index in [1.807, 2.05) is 11.0 Å². The van der Waals surface area contributed by atoms with Gasteiger partial charge in [0.25, 0.3) is 0 Å². The number of urea groups is 1. The van der Waals surface area contributed by atoms with Crippen molar-refractivity contribution in [2.75, 3.05) is 30.4 Å². The van der Waals surface area contributed by atoms with Crippen molar-refractivity contribution in [2.24, 2.45) is 0 Å². The average molecular weight is 346 g/mol. The van der Waals surface area contributed by atoms with E-state index in [1.165, 1.54) is 11.1 Å². The standard InChI is InChI=1S/C21H22N4O/c1-14-6-7-19-17(10-14)18-13-24(2)9-8-20(18)25(19)21(26)23-16-5-3-4-15(11-16)12-22/h3-7,10-11,18,20H,8-9,13H2,1-2H3,(H,23,26). The number of likely N-dealkylation sites (tertiary alicyclic amines) is 1. The van der Waals surface area contributed by atoms with Crippen LogP contribution in [-0.4, -0.2) is 37.1 Å². The van der Waals surface area contributed by atoms with Crippen molar-refractivity contribution in [2.45, 2.75) is 25.3 Å². The van der Waals surface area contributed by atoms with E-state index >= 15 is 0 Å². The summed E-state index contributed by atoms with van der Waals surface area (Å²) in [5, 5.41) is 12.0. The number of hydrogen-bond donors (Lipinski definition) is 1. The zero-order valence-electron chi connectivity index (χ0n) is 15.1. The van der Waals surface area contributed by atoms with Gasteiger partial charge in [-0.25, -0.2) is 4.79 Å². The van der Waals surface area contributed by atoms with Gasteiger partial charge in [-0.3, -0.25) is 4.90 Å². The van der Waals surface area contributed by atoms with E-state index in [2.05, 4.69) is 48.5 Å². The van der Waals surface area contributed by atoms with Crippen LogP contribution in [-0.2, 0) is 0 Å². The molecule has 2 unspecified atom stereocenters. The fourth-order valence-electron chi connectivity index (χ4n) is 4.20.